The highest BCUT2D eigenvalue weighted by Gasteiger charge is 2.20. The normalized spacial score (nSPS) is 16.5. The lowest BCUT2D eigenvalue weighted by atomic mass is 9.96. The van der Waals surface area contributed by atoms with E-state index in [9.17, 15) is 4.79 Å². The molecule has 1 aliphatic heterocycles. The van der Waals surface area contributed by atoms with Crippen LogP contribution in [-0.4, -0.2) is 29.0 Å². The summed E-state index contributed by atoms with van der Waals surface area (Å²) < 4.78 is 11.1. The zero-order valence-corrected chi connectivity index (χ0v) is 11.5. The molecule has 2 aromatic rings. The average molecular weight is 282 g/mol. The van der Waals surface area contributed by atoms with Gasteiger partial charge in [-0.1, -0.05) is 0 Å². The summed E-state index contributed by atoms with van der Waals surface area (Å²) in [5.41, 5.74) is 2.40. The van der Waals surface area contributed by atoms with Crippen LogP contribution in [0.1, 0.15) is 28.9 Å². The van der Waals surface area contributed by atoms with Crippen LogP contribution in [0, 0.1) is 0 Å². The smallest absolute Gasteiger partial charge is 0.166 e. The maximum atomic E-state index is 11.8. The monoisotopic (exact) mass is 282 g/mol. The van der Waals surface area contributed by atoms with Gasteiger partial charge >= 0.3 is 0 Å². The fourth-order valence-corrected chi connectivity index (χ4v) is 2.71. The summed E-state index contributed by atoms with van der Waals surface area (Å²) in [6.07, 6.45) is 3.94. The molecule has 0 unspecified atom stereocenters. The Morgan fingerprint density at radius 1 is 1.05 bits per heavy atom. The minimum atomic E-state index is 0.143. The van der Waals surface area contributed by atoms with Crippen molar-refractivity contribution >= 4 is 5.78 Å². The van der Waals surface area contributed by atoms with E-state index in [1.165, 1.54) is 0 Å². The number of aromatic nitrogens is 2. The van der Waals surface area contributed by atoms with Crippen LogP contribution in [-0.2, 0) is 6.42 Å². The lowest BCUT2D eigenvalue weighted by Crippen LogP contribution is -2.15. The number of fused-ring (bicyclic) bond motifs is 2. The maximum Gasteiger partial charge on any atom is 0.166 e. The van der Waals surface area contributed by atoms with E-state index in [1.807, 2.05) is 18.2 Å². The zero-order valence-electron chi connectivity index (χ0n) is 11.5. The quantitative estimate of drug-likeness (QED) is 0.804. The molecule has 0 N–H and O–H groups in total. The van der Waals surface area contributed by atoms with Crippen molar-refractivity contribution in [2.75, 3.05) is 13.2 Å². The number of carbonyl (C=O) groups excluding carboxylic acids is 1. The zero-order chi connectivity index (χ0) is 14.2. The fourth-order valence-electron chi connectivity index (χ4n) is 2.71. The highest BCUT2D eigenvalue weighted by Crippen LogP contribution is 2.33. The van der Waals surface area contributed by atoms with Crippen LogP contribution < -0.4 is 9.47 Å². The van der Waals surface area contributed by atoms with Crippen LogP contribution in [0.2, 0.25) is 0 Å². The molecule has 2 aliphatic rings. The first-order valence-corrected chi connectivity index (χ1v) is 7.10. The third-order valence-corrected chi connectivity index (χ3v) is 3.79. The molecule has 1 aromatic heterocycles. The van der Waals surface area contributed by atoms with Gasteiger partial charge < -0.3 is 9.47 Å². The Hall–Kier alpha value is -2.43. The minimum Gasteiger partial charge on any atom is -0.486 e. The molecular formula is C16H14N2O3. The molecule has 21 heavy (non-hydrogen) atoms. The second-order valence-corrected chi connectivity index (χ2v) is 5.19. The van der Waals surface area contributed by atoms with Gasteiger partial charge in [-0.2, -0.15) is 0 Å². The van der Waals surface area contributed by atoms with Crippen molar-refractivity contribution in [3.63, 3.8) is 0 Å². The van der Waals surface area contributed by atoms with Crippen LogP contribution in [0.4, 0.5) is 0 Å². The van der Waals surface area contributed by atoms with Gasteiger partial charge in [-0.25, -0.2) is 9.97 Å². The van der Waals surface area contributed by atoms with Crippen molar-refractivity contribution in [2.24, 2.45) is 0 Å². The second kappa shape index (κ2) is 4.84. The van der Waals surface area contributed by atoms with E-state index in [1.54, 1.807) is 6.20 Å². The number of benzene rings is 1. The van der Waals surface area contributed by atoms with Crippen molar-refractivity contribution in [1.29, 1.82) is 0 Å². The van der Waals surface area contributed by atoms with Gasteiger partial charge in [-0.3, -0.25) is 4.79 Å². The topological polar surface area (TPSA) is 61.3 Å². The summed E-state index contributed by atoms with van der Waals surface area (Å²) in [6, 6.07) is 5.68. The summed E-state index contributed by atoms with van der Waals surface area (Å²) in [4.78, 5) is 20.7. The molecule has 0 fully saturated rings. The van der Waals surface area contributed by atoms with Crippen LogP contribution in [0.5, 0.6) is 11.5 Å². The van der Waals surface area contributed by atoms with Gasteiger partial charge in [0.25, 0.3) is 0 Å². The van der Waals surface area contributed by atoms with Crippen LogP contribution in [0.25, 0.3) is 11.4 Å². The third kappa shape index (κ3) is 2.14. The Morgan fingerprint density at radius 2 is 1.90 bits per heavy atom. The predicted molar refractivity (Wildman–Crippen MR) is 75.7 cm³/mol. The Kier molecular flexibility index (Phi) is 2.84. The molecule has 0 saturated heterocycles. The minimum absolute atomic E-state index is 0.143. The van der Waals surface area contributed by atoms with Crippen LogP contribution >= 0.6 is 0 Å². The summed E-state index contributed by atoms with van der Waals surface area (Å²) in [5.74, 6) is 2.24. The number of rotatable bonds is 1. The van der Waals surface area contributed by atoms with E-state index in [0.717, 1.165) is 35.6 Å². The van der Waals surface area contributed by atoms with E-state index in [2.05, 4.69) is 9.97 Å². The molecule has 0 radical (unpaired) electrons. The Morgan fingerprint density at radius 3 is 2.81 bits per heavy atom. The van der Waals surface area contributed by atoms with Gasteiger partial charge in [-0.15, -0.1) is 0 Å². The Labute approximate surface area is 121 Å². The molecule has 1 aliphatic carbocycles. The van der Waals surface area contributed by atoms with Crippen LogP contribution in [0.15, 0.2) is 24.4 Å². The number of aryl methyl sites for hydroxylation is 1. The molecule has 0 amide bonds. The van der Waals surface area contributed by atoms with Gasteiger partial charge in [-0.05, 0) is 31.0 Å². The number of ketones is 1. The molecule has 0 saturated carbocycles. The highest BCUT2D eigenvalue weighted by molar-refractivity contribution is 5.97. The van der Waals surface area contributed by atoms with Gasteiger partial charge in [0.15, 0.2) is 23.1 Å². The predicted octanol–water partition coefficient (Wildman–Crippen LogP) is 2.43. The van der Waals surface area contributed by atoms with E-state index in [0.29, 0.717) is 31.0 Å². The third-order valence-electron chi connectivity index (χ3n) is 3.79. The van der Waals surface area contributed by atoms with Crippen molar-refractivity contribution in [3.05, 3.63) is 35.7 Å². The van der Waals surface area contributed by atoms with E-state index in [4.69, 9.17) is 9.47 Å². The Balaban J connectivity index is 1.75. The van der Waals surface area contributed by atoms with Crippen LogP contribution in [0.3, 0.4) is 0 Å². The fraction of sp³-hybridized carbons (Fsp3) is 0.312. The largest absolute Gasteiger partial charge is 0.486 e. The molecular weight excluding hydrogens is 268 g/mol. The molecule has 1 aromatic carbocycles. The lowest BCUT2D eigenvalue weighted by Gasteiger charge is -2.19. The van der Waals surface area contributed by atoms with Gasteiger partial charge in [0.1, 0.15) is 13.2 Å². The van der Waals surface area contributed by atoms with E-state index in [-0.39, 0.29) is 5.78 Å². The number of hydrogen-bond donors (Lipinski definition) is 0. The molecule has 0 atom stereocenters. The highest BCUT2D eigenvalue weighted by atomic mass is 16.6. The Bertz CT molecular complexity index is 727. The standard InChI is InChI=1S/C16H14N2O3/c19-13-3-1-2-12-11(13)9-17-16(18-12)10-4-5-14-15(8-10)21-7-6-20-14/h4-5,8-9H,1-3,6-7H2. The van der Waals surface area contributed by atoms with E-state index < -0.39 is 0 Å². The SMILES string of the molecule is O=C1CCCc2nc(-c3ccc4c(c3)OCCO4)ncc21. The molecule has 0 spiro atoms. The van der Waals surface area contributed by atoms with E-state index >= 15 is 0 Å². The number of ether oxygens (including phenoxy) is 2. The van der Waals surface area contributed by atoms with Crippen molar-refractivity contribution in [2.45, 2.75) is 19.3 Å². The average Bonchev–Trinajstić information content (AvgIpc) is 2.54. The molecule has 4 rings (SSSR count). The van der Waals surface area contributed by atoms with Crippen molar-refractivity contribution in [3.8, 4) is 22.9 Å². The first-order chi connectivity index (χ1) is 10.3. The second-order valence-electron chi connectivity index (χ2n) is 5.19. The lowest BCUT2D eigenvalue weighted by molar-refractivity contribution is 0.0971. The number of carbonyl (C=O) groups is 1. The summed E-state index contributed by atoms with van der Waals surface area (Å²) >= 11 is 0. The maximum absolute atomic E-state index is 11.8. The molecule has 5 nitrogen and oxygen atoms in total. The van der Waals surface area contributed by atoms with Crippen molar-refractivity contribution < 1.29 is 14.3 Å². The number of Topliss-reactive ketones (excluding diaryl/α,β-unsaturated/α-hetero) is 1. The summed E-state index contributed by atoms with van der Waals surface area (Å²) in [6.45, 7) is 1.12. The van der Waals surface area contributed by atoms with Gasteiger partial charge in [0.2, 0.25) is 0 Å². The molecule has 2 heterocycles. The first-order valence-electron chi connectivity index (χ1n) is 7.10. The molecule has 106 valence electrons. The number of nitrogens with zero attached hydrogens (tertiary/aromatic N) is 2. The molecule has 5 heteroatoms. The number of hydrogen-bond acceptors (Lipinski definition) is 5. The molecule has 0 bridgehead atoms. The van der Waals surface area contributed by atoms with Gasteiger partial charge in [0, 0.05) is 18.2 Å². The summed E-state index contributed by atoms with van der Waals surface area (Å²) in [5, 5.41) is 0. The van der Waals surface area contributed by atoms with Crippen molar-refractivity contribution in [1.82, 2.24) is 9.97 Å². The van der Waals surface area contributed by atoms with Gasteiger partial charge in [0.05, 0.1) is 11.3 Å². The summed E-state index contributed by atoms with van der Waals surface area (Å²) in [7, 11) is 0. The first kappa shape index (κ1) is 12.3.